The van der Waals surface area contributed by atoms with Crippen LogP contribution in [0.2, 0.25) is 0 Å². The van der Waals surface area contributed by atoms with Crippen molar-refractivity contribution in [3.8, 4) is 0 Å². The maximum absolute atomic E-state index is 12.8. The van der Waals surface area contributed by atoms with E-state index in [1.165, 1.54) is 55.1 Å². The first-order valence-corrected chi connectivity index (χ1v) is 10.7. The number of carbonyl (C=O) groups is 2. The lowest BCUT2D eigenvalue weighted by Gasteiger charge is -2.13. The summed E-state index contributed by atoms with van der Waals surface area (Å²) in [7, 11) is -3.81. The van der Waals surface area contributed by atoms with Crippen molar-refractivity contribution in [2.45, 2.75) is 29.2 Å². The molecule has 150 valence electrons. The van der Waals surface area contributed by atoms with Gasteiger partial charge in [-0.15, -0.1) is 11.8 Å². The van der Waals surface area contributed by atoms with Crippen LogP contribution in [0.4, 0.5) is 10.1 Å². The highest BCUT2D eigenvalue weighted by Crippen LogP contribution is 2.19. The van der Waals surface area contributed by atoms with Crippen LogP contribution in [0, 0.1) is 5.82 Å². The van der Waals surface area contributed by atoms with E-state index >= 15 is 0 Å². The smallest absolute Gasteiger partial charge is 0.307 e. The molecule has 0 radical (unpaired) electrons. The van der Waals surface area contributed by atoms with Crippen LogP contribution in [0.5, 0.6) is 0 Å². The molecule has 0 bridgehead atoms. The first-order chi connectivity index (χ1) is 13.1. The average molecular weight is 426 g/mol. The number of esters is 1. The van der Waals surface area contributed by atoms with E-state index in [1.807, 2.05) is 0 Å². The number of carbonyl (C=O) groups excluding carboxylic acids is 2. The van der Waals surface area contributed by atoms with E-state index < -0.39 is 28.0 Å². The Morgan fingerprint density at radius 3 is 2.32 bits per heavy atom. The van der Waals surface area contributed by atoms with Crippen LogP contribution in [0.1, 0.15) is 13.3 Å². The number of thioether (sulfide) groups is 1. The first-order valence-electron chi connectivity index (χ1n) is 8.17. The van der Waals surface area contributed by atoms with E-state index in [0.29, 0.717) is 11.4 Å². The zero-order valence-corrected chi connectivity index (χ0v) is 16.6. The van der Waals surface area contributed by atoms with Crippen LogP contribution >= 0.6 is 11.8 Å². The standard InChI is InChI=1S/C18H19FN2O5S2/c1-12(18(23)21-14-4-8-16(9-5-14)28(20,24)25)26-17(22)10-11-27-15-6-2-13(19)3-7-15/h2-9,12H,10-11H2,1H3,(H,21,23)(H2,20,24,25)/t12-/m1/s1. The van der Waals surface area contributed by atoms with Gasteiger partial charge in [0.1, 0.15) is 5.82 Å². The minimum absolute atomic E-state index is 0.0800. The molecule has 2 aromatic rings. The van der Waals surface area contributed by atoms with Gasteiger partial charge in [0.15, 0.2) is 6.10 Å². The summed E-state index contributed by atoms with van der Waals surface area (Å²) in [6.45, 7) is 1.43. The Morgan fingerprint density at radius 2 is 1.75 bits per heavy atom. The summed E-state index contributed by atoms with van der Waals surface area (Å²) in [5.41, 5.74) is 0.340. The number of nitrogens with one attached hydrogen (secondary N) is 1. The number of halogens is 1. The molecular formula is C18H19FN2O5S2. The Balaban J connectivity index is 1.77. The summed E-state index contributed by atoms with van der Waals surface area (Å²) in [5.74, 6) is -0.999. The Bertz CT molecular complexity index is 931. The average Bonchev–Trinajstić information content (AvgIpc) is 2.63. The molecule has 0 spiro atoms. The highest BCUT2D eigenvalue weighted by Gasteiger charge is 2.18. The number of ether oxygens (including phenoxy) is 1. The Morgan fingerprint density at radius 1 is 1.14 bits per heavy atom. The zero-order valence-electron chi connectivity index (χ0n) is 14.9. The summed E-state index contributed by atoms with van der Waals surface area (Å²) in [4.78, 5) is 24.7. The van der Waals surface area contributed by atoms with E-state index in [2.05, 4.69) is 5.32 Å². The lowest BCUT2D eigenvalue weighted by Crippen LogP contribution is -2.30. The number of hydrogen-bond acceptors (Lipinski definition) is 6. The molecule has 1 atom stereocenters. The number of rotatable bonds is 8. The molecule has 7 nitrogen and oxygen atoms in total. The second-order valence-corrected chi connectivity index (χ2v) is 8.47. The number of sulfonamides is 1. The molecule has 0 aliphatic heterocycles. The van der Waals surface area contributed by atoms with E-state index in [4.69, 9.17) is 9.88 Å². The van der Waals surface area contributed by atoms with Crippen LogP contribution in [0.25, 0.3) is 0 Å². The fourth-order valence-electron chi connectivity index (χ4n) is 2.06. The van der Waals surface area contributed by atoms with Crippen molar-refractivity contribution >= 4 is 39.3 Å². The minimum atomic E-state index is -3.81. The maximum atomic E-state index is 12.8. The fourth-order valence-corrected chi connectivity index (χ4v) is 3.41. The van der Waals surface area contributed by atoms with Crippen molar-refractivity contribution in [1.29, 1.82) is 0 Å². The van der Waals surface area contributed by atoms with Gasteiger partial charge in [-0.3, -0.25) is 9.59 Å². The molecule has 0 aliphatic carbocycles. The van der Waals surface area contributed by atoms with E-state index in [0.717, 1.165) is 4.90 Å². The quantitative estimate of drug-likeness (QED) is 0.495. The molecule has 0 heterocycles. The molecule has 10 heteroatoms. The third-order valence-corrected chi connectivity index (χ3v) is 5.46. The van der Waals surface area contributed by atoms with Crippen molar-refractivity contribution in [2.24, 2.45) is 5.14 Å². The molecule has 0 fully saturated rings. The second kappa shape index (κ2) is 9.67. The van der Waals surface area contributed by atoms with Crippen LogP contribution in [0.3, 0.4) is 0 Å². The molecule has 0 unspecified atom stereocenters. The van der Waals surface area contributed by atoms with Gasteiger partial charge in [0.25, 0.3) is 5.91 Å². The number of nitrogens with two attached hydrogens (primary N) is 1. The number of benzene rings is 2. The van der Waals surface area contributed by atoms with Crippen LogP contribution in [-0.4, -0.2) is 32.2 Å². The lowest BCUT2D eigenvalue weighted by molar-refractivity contribution is -0.152. The van der Waals surface area contributed by atoms with Gasteiger partial charge in [0.05, 0.1) is 11.3 Å². The summed E-state index contributed by atoms with van der Waals surface area (Å²) >= 11 is 1.37. The molecule has 2 rings (SSSR count). The van der Waals surface area contributed by atoms with Crippen molar-refractivity contribution in [2.75, 3.05) is 11.1 Å². The largest absolute Gasteiger partial charge is 0.453 e. The molecule has 0 aromatic heterocycles. The maximum Gasteiger partial charge on any atom is 0.307 e. The van der Waals surface area contributed by atoms with Crippen molar-refractivity contribution in [3.05, 3.63) is 54.3 Å². The minimum Gasteiger partial charge on any atom is -0.453 e. The molecule has 28 heavy (non-hydrogen) atoms. The molecule has 0 aliphatic rings. The zero-order chi connectivity index (χ0) is 20.7. The highest BCUT2D eigenvalue weighted by molar-refractivity contribution is 7.99. The number of hydrogen-bond donors (Lipinski definition) is 2. The number of primary sulfonamides is 1. The van der Waals surface area contributed by atoms with Crippen LogP contribution in [0.15, 0.2) is 58.3 Å². The van der Waals surface area contributed by atoms with Gasteiger partial charge in [-0.05, 0) is 55.5 Å². The van der Waals surface area contributed by atoms with E-state index in [1.54, 1.807) is 12.1 Å². The summed E-state index contributed by atoms with van der Waals surface area (Å²) in [5, 5.41) is 7.52. The van der Waals surface area contributed by atoms with Gasteiger partial charge >= 0.3 is 5.97 Å². The van der Waals surface area contributed by atoms with Gasteiger partial charge in [-0.1, -0.05) is 0 Å². The monoisotopic (exact) mass is 426 g/mol. The fraction of sp³-hybridized carbons (Fsp3) is 0.222. The summed E-state index contributed by atoms with van der Waals surface area (Å²) < 4.78 is 40.3. The highest BCUT2D eigenvalue weighted by atomic mass is 32.2. The Kier molecular flexibility index (Phi) is 7.55. The predicted octanol–water partition coefficient (Wildman–Crippen LogP) is 2.53. The van der Waals surface area contributed by atoms with Crippen LogP contribution in [-0.2, 0) is 24.3 Å². The Labute approximate surface area is 166 Å². The molecular weight excluding hydrogens is 407 g/mol. The van der Waals surface area contributed by atoms with Gasteiger partial charge in [-0.25, -0.2) is 17.9 Å². The van der Waals surface area contributed by atoms with Crippen molar-refractivity contribution in [1.82, 2.24) is 0 Å². The molecule has 3 N–H and O–H groups in total. The topological polar surface area (TPSA) is 116 Å². The number of anilines is 1. The van der Waals surface area contributed by atoms with Gasteiger partial charge < -0.3 is 10.1 Å². The third-order valence-electron chi connectivity index (χ3n) is 3.52. The Hall–Kier alpha value is -2.43. The van der Waals surface area contributed by atoms with E-state index in [9.17, 15) is 22.4 Å². The number of amides is 1. The summed E-state index contributed by atoms with van der Waals surface area (Å²) in [6, 6.07) is 11.2. The normalized spacial score (nSPS) is 12.2. The van der Waals surface area contributed by atoms with E-state index in [-0.39, 0.29) is 17.1 Å². The van der Waals surface area contributed by atoms with Gasteiger partial charge in [0, 0.05) is 16.3 Å². The molecule has 0 saturated carbocycles. The van der Waals surface area contributed by atoms with Gasteiger partial charge in [-0.2, -0.15) is 0 Å². The van der Waals surface area contributed by atoms with Crippen molar-refractivity contribution < 1.29 is 27.1 Å². The lowest BCUT2D eigenvalue weighted by atomic mass is 10.3. The SMILES string of the molecule is C[C@@H](OC(=O)CCSc1ccc(F)cc1)C(=O)Nc1ccc(S(N)(=O)=O)cc1. The molecule has 1 amide bonds. The molecule has 2 aromatic carbocycles. The van der Waals surface area contributed by atoms with Crippen LogP contribution < -0.4 is 10.5 Å². The van der Waals surface area contributed by atoms with Gasteiger partial charge in [0.2, 0.25) is 10.0 Å². The summed E-state index contributed by atoms with van der Waals surface area (Å²) in [6.07, 6.45) is -0.941. The van der Waals surface area contributed by atoms with Crippen molar-refractivity contribution in [3.63, 3.8) is 0 Å². The first kappa shape index (κ1) is 21.9. The second-order valence-electron chi connectivity index (χ2n) is 5.74. The predicted molar refractivity (Wildman–Crippen MR) is 104 cm³/mol. The third kappa shape index (κ3) is 6.95. The molecule has 0 saturated heterocycles.